The molecule has 4 nitrogen and oxygen atoms in total. The van der Waals surface area contributed by atoms with E-state index in [1.807, 2.05) is 49.4 Å². The molecule has 0 heterocycles. The van der Waals surface area contributed by atoms with Crippen molar-refractivity contribution in [2.24, 2.45) is 0 Å². The average Bonchev–Trinajstić information content (AvgIpc) is 2.74. The van der Waals surface area contributed by atoms with Gasteiger partial charge < -0.3 is 10.1 Å². The lowest BCUT2D eigenvalue weighted by Crippen LogP contribution is -2.13. The van der Waals surface area contributed by atoms with Crippen LogP contribution in [0.3, 0.4) is 0 Å². The van der Waals surface area contributed by atoms with Crippen LogP contribution in [-0.2, 0) is 11.4 Å². The molecule has 3 rings (SSSR count). The first kappa shape index (κ1) is 20.2. The number of nitrogens with zero attached hydrogens (tertiary/aromatic N) is 1. The molecular weight excluding hydrogens is 384 g/mol. The summed E-state index contributed by atoms with van der Waals surface area (Å²) in [7, 11) is 0. The maximum Gasteiger partial charge on any atom is 0.266 e. The Balaban J connectivity index is 1.65. The van der Waals surface area contributed by atoms with Gasteiger partial charge in [-0.3, -0.25) is 4.79 Å². The van der Waals surface area contributed by atoms with Gasteiger partial charge in [0, 0.05) is 10.7 Å². The van der Waals surface area contributed by atoms with Crippen LogP contribution in [0.5, 0.6) is 5.75 Å². The molecule has 0 unspecified atom stereocenters. The summed E-state index contributed by atoms with van der Waals surface area (Å²) in [5.41, 5.74) is 3.62. The molecule has 3 aromatic rings. The molecule has 0 atom stereocenters. The van der Waals surface area contributed by atoms with Gasteiger partial charge in [-0.15, -0.1) is 0 Å². The van der Waals surface area contributed by atoms with Gasteiger partial charge in [0.2, 0.25) is 0 Å². The largest absolute Gasteiger partial charge is 0.489 e. The van der Waals surface area contributed by atoms with E-state index in [9.17, 15) is 10.1 Å². The third-order valence-corrected chi connectivity index (χ3v) is 4.57. The standard InChI is InChI=1S/C24H19ClN2O2/c1-17-4-2-3-5-19(17)16-29-23-12-6-18(7-13-23)14-20(15-26)24(28)27-22-10-8-21(25)9-11-22/h2-14H,16H2,1H3,(H,27,28)/b20-14+. The summed E-state index contributed by atoms with van der Waals surface area (Å²) in [4.78, 5) is 12.3. The predicted octanol–water partition coefficient (Wildman–Crippen LogP) is 5.77. The minimum absolute atomic E-state index is 0.00790. The SMILES string of the molecule is Cc1ccccc1COc1ccc(/C=C(\C#N)C(=O)Nc2ccc(Cl)cc2)cc1. The van der Waals surface area contributed by atoms with E-state index in [0.717, 1.165) is 16.9 Å². The minimum Gasteiger partial charge on any atom is -0.489 e. The monoisotopic (exact) mass is 402 g/mol. The lowest BCUT2D eigenvalue weighted by atomic mass is 10.1. The molecule has 0 aliphatic carbocycles. The first-order valence-electron chi connectivity index (χ1n) is 9.01. The van der Waals surface area contributed by atoms with E-state index < -0.39 is 5.91 Å². The second-order valence-corrected chi connectivity index (χ2v) is 6.85. The Bertz CT molecular complexity index is 1070. The number of ether oxygens (including phenoxy) is 1. The maximum absolute atomic E-state index is 12.3. The van der Waals surface area contributed by atoms with Gasteiger partial charge in [-0.05, 0) is 66.1 Å². The van der Waals surface area contributed by atoms with Crippen molar-refractivity contribution in [1.82, 2.24) is 0 Å². The topological polar surface area (TPSA) is 62.1 Å². The summed E-state index contributed by atoms with van der Waals surface area (Å²) < 4.78 is 5.82. The van der Waals surface area contributed by atoms with Gasteiger partial charge >= 0.3 is 0 Å². The van der Waals surface area contributed by atoms with Gasteiger partial charge in [0.1, 0.15) is 24.0 Å². The third-order valence-electron chi connectivity index (χ3n) is 4.31. The van der Waals surface area contributed by atoms with Crippen LogP contribution in [0.15, 0.2) is 78.4 Å². The first-order chi connectivity index (χ1) is 14.0. The van der Waals surface area contributed by atoms with Gasteiger partial charge in [0.25, 0.3) is 5.91 Å². The molecule has 0 fully saturated rings. The van der Waals surface area contributed by atoms with Crippen molar-refractivity contribution < 1.29 is 9.53 Å². The molecule has 144 valence electrons. The zero-order valence-electron chi connectivity index (χ0n) is 15.9. The molecule has 0 aromatic heterocycles. The van der Waals surface area contributed by atoms with Gasteiger partial charge in [0.05, 0.1) is 0 Å². The Kier molecular flexibility index (Phi) is 6.67. The number of nitriles is 1. The van der Waals surface area contributed by atoms with E-state index in [4.69, 9.17) is 16.3 Å². The molecule has 0 bridgehead atoms. The smallest absolute Gasteiger partial charge is 0.266 e. The summed E-state index contributed by atoms with van der Waals surface area (Å²) in [6, 6.07) is 23.9. The quantitative estimate of drug-likeness (QED) is 0.420. The molecule has 1 amide bonds. The Morgan fingerprint density at radius 2 is 1.76 bits per heavy atom. The molecule has 29 heavy (non-hydrogen) atoms. The van der Waals surface area contributed by atoms with Crippen molar-refractivity contribution in [2.45, 2.75) is 13.5 Å². The number of carbonyl (C=O) groups excluding carboxylic acids is 1. The van der Waals surface area contributed by atoms with Gasteiger partial charge in [-0.25, -0.2) is 0 Å². The third kappa shape index (κ3) is 5.71. The number of halogens is 1. The molecule has 0 saturated heterocycles. The Morgan fingerprint density at radius 1 is 1.07 bits per heavy atom. The highest BCUT2D eigenvalue weighted by atomic mass is 35.5. The second-order valence-electron chi connectivity index (χ2n) is 6.42. The highest BCUT2D eigenvalue weighted by Crippen LogP contribution is 2.18. The van der Waals surface area contributed by atoms with E-state index >= 15 is 0 Å². The zero-order chi connectivity index (χ0) is 20.6. The van der Waals surface area contributed by atoms with Crippen LogP contribution in [0, 0.1) is 18.3 Å². The Labute approximate surface area is 175 Å². The van der Waals surface area contributed by atoms with Crippen LogP contribution >= 0.6 is 11.6 Å². The molecule has 0 spiro atoms. The summed E-state index contributed by atoms with van der Waals surface area (Å²) in [5, 5.41) is 12.6. The summed E-state index contributed by atoms with van der Waals surface area (Å²) in [5.74, 6) is 0.240. The maximum atomic E-state index is 12.3. The highest BCUT2D eigenvalue weighted by Gasteiger charge is 2.09. The van der Waals surface area contributed by atoms with Crippen molar-refractivity contribution in [3.05, 3.63) is 100 Å². The normalized spacial score (nSPS) is 10.9. The van der Waals surface area contributed by atoms with Crippen molar-refractivity contribution in [3.8, 4) is 11.8 Å². The lowest BCUT2D eigenvalue weighted by Gasteiger charge is -2.09. The van der Waals surface area contributed by atoms with E-state index in [1.54, 1.807) is 36.4 Å². The first-order valence-corrected chi connectivity index (χ1v) is 9.39. The van der Waals surface area contributed by atoms with Gasteiger partial charge in [0.15, 0.2) is 0 Å². The van der Waals surface area contributed by atoms with E-state index in [1.165, 1.54) is 11.6 Å². The fourth-order valence-electron chi connectivity index (χ4n) is 2.64. The molecule has 1 N–H and O–H groups in total. The molecule has 0 aliphatic rings. The number of carbonyl (C=O) groups is 1. The number of anilines is 1. The van der Waals surface area contributed by atoms with E-state index in [0.29, 0.717) is 17.3 Å². The minimum atomic E-state index is -0.477. The summed E-state index contributed by atoms with van der Waals surface area (Å²) >= 11 is 5.84. The zero-order valence-corrected chi connectivity index (χ0v) is 16.6. The number of rotatable bonds is 6. The fourth-order valence-corrected chi connectivity index (χ4v) is 2.77. The second kappa shape index (κ2) is 9.59. The Morgan fingerprint density at radius 3 is 2.41 bits per heavy atom. The lowest BCUT2D eigenvalue weighted by molar-refractivity contribution is -0.112. The molecule has 5 heteroatoms. The number of nitrogens with one attached hydrogen (secondary N) is 1. The highest BCUT2D eigenvalue weighted by molar-refractivity contribution is 6.30. The number of amides is 1. The molecule has 0 aliphatic heterocycles. The number of hydrogen-bond donors (Lipinski definition) is 1. The van der Waals surface area contributed by atoms with Crippen molar-refractivity contribution in [1.29, 1.82) is 5.26 Å². The molecular formula is C24H19ClN2O2. The van der Waals surface area contributed by atoms with Crippen LogP contribution in [-0.4, -0.2) is 5.91 Å². The van der Waals surface area contributed by atoms with Crippen LogP contribution < -0.4 is 10.1 Å². The van der Waals surface area contributed by atoms with Gasteiger partial charge in [-0.2, -0.15) is 5.26 Å². The number of benzene rings is 3. The van der Waals surface area contributed by atoms with Crippen LogP contribution in [0.1, 0.15) is 16.7 Å². The van der Waals surface area contributed by atoms with Crippen molar-refractivity contribution in [2.75, 3.05) is 5.32 Å². The van der Waals surface area contributed by atoms with E-state index in [2.05, 4.69) is 5.32 Å². The molecule has 0 saturated carbocycles. The number of aryl methyl sites for hydroxylation is 1. The Hall–Kier alpha value is -3.55. The van der Waals surface area contributed by atoms with E-state index in [-0.39, 0.29) is 5.57 Å². The van der Waals surface area contributed by atoms with Crippen molar-refractivity contribution >= 4 is 29.3 Å². The average molecular weight is 403 g/mol. The number of hydrogen-bond acceptors (Lipinski definition) is 3. The van der Waals surface area contributed by atoms with Gasteiger partial charge in [-0.1, -0.05) is 48.0 Å². The summed E-state index contributed by atoms with van der Waals surface area (Å²) in [6.07, 6.45) is 1.54. The predicted molar refractivity (Wildman–Crippen MR) is 116 cm³/mol. The van der Waals surface area contributed by atoms with Crippen LogP contribution in [0.25, 0.3) is 6.08 Å². The fraction of sp³-hybridized carbons (Fsp3) is 0.0833. The van der Waals surface area contributed by atoms with Crippen molar-refractivity contribution in [3.63, 3.8) is 0 Å². The summed E-state index contributed by atoms with van der Waals surface area (Å²) in [6.45, 7) is 2.53. The van der Waals surface area contributed by atoms with Crippen LogP contribution in [0.2, 0.25) is 5.02 Å². The van der Waals surface area contributed by atoms with Crippen LogP contribution in [0.4, 0.5) is 5.69 Å². The molecule has 3 aromatic carbocycles. The molecule has 0 radical (unpaired) electrons.